The van der Waals surface area contributed by atoms with E-state index in [0.717, 1.165) is 6.07 Å². The first-order chi connectivity index (χ1) is 10.4. The normalized spacial score (nSPS) is 15.6. The highest BCUT2D eigenvalue weighted by atomic mass is 35.5. The number of carboxylic acids is 1. The van der Waals surface area contributed by atoms with Gasteiger partial charge in [-0.05, 0) is 37.5 Å². The van der Waals surface area contributed by atoms with Crippen LogP contribution in [0.2, 0.25) is 5.02 Å². The number of nitrogens with zero attached hydrogens (tertiary/aromatic N) is 1. The first-order valence-electron chi connectivity index (χ1n) is 6.96. The van der Waals surface area contributed by atoms with Gasteiger partial charge in [0.2, 0.25) is 0 Å². The second-order valence-electron chi connectivity index (χ2n) is 5.25. The quantitative estimate of drug-likeness (QED) is 0.921. The van der Waals surface area contributed by atoms with Gasteiger partial charge in [0.15, 0.2) is 0 Å². The van der Waals surface area contributed by atoms with E-state index in [1.807, 2.05) is 0 Å². The number of aliphatic carboxylic acids is 1. The lowest BCUT2D eigenvalue weighted by Gasteiger charge is -2.33. The van der Waals surface area contributed by atoms with Gasteiger partial charge in [0.25, 0.3) is 5.91 Å². The number of carboxylic acid groups (broad SMARTS) is 1. The van der Waals surface area contributed by atoms with Crippen molar-refractivity contribution in [3.63, 3.8) is 0 Å². The number of benzene rings is 1. The molecule has 0 radical (unpaired) electrons. The van der Waals surface area contributed by atoms with Crippen molar-refractivity contribution in [2.75, 3.05) is 19.8 Å². The van der Waals surface area contributed by atoms with Crippen molar-refractivity contribution in [3.8, 4) is 0 Å². The Balaban J connectivity index is 2.32. The summed E-state index contributed by atoms with van der Waals surface area (Å²) in [5, 5.41) is 9.04. The highest BCUT2D eigenvalue weighted by Gasteiger charge is 2.29. The largest absolute Gasteiger partial charge is 0.480 e. The Hall–Kier alpha value is -1.66. The van der Waals surface area contributed by atoms with Crippen LogP contribution in [0.15, 0.2) is 12.1 Å². The molecule has 0 aromatic heterocycles. The topological polar surface area (TPSA) is 66.8 Å². The minimum absolute atomic E-state index is 0.0180. The van der Waals surface area contributed by atoms with Crippen LogP contribution >= 0.6 is 11.6 Å². The Morgan fingerprint density at radius 1 is 1.41 bits per heavy atom. The predicted octanol–water partition coefficient (Wildman–Crippen LogP) is 2.49. The van der Waals surface area contributed by atoms with Gasteiger partial charge in [0.05, 0.1) is 10.6 Å². The van der Waals surface area contributed by atoms with Gasteiger partial charge in [0.1, 0.15) is 12.4 Å². The van der Waals surface area contributed by atoms with Crippen LogP contribution in [0.4, 0.5) is 4.39 Å². The molecule has 0 saturated carbocycles. The first kappa shape index (κ1) is 16.7. The number of rotatable bonds is 4. The van der Waals surface area contributed by atoms with Crippen molar-refractivity contribution < 1.29 is 23.8 Å². The maximum Gasteiger partial charge on any atom is 0.323 e. The number of amides is 1. The van der Waals surface area contributed by atoms with E-state index in [4.69, 9.17) is 21.4 Å². The van der Waals surface area contributed by atoms with Crippen LogP contribution in [0, 0.1) is 12.7 Å². The molecule has 1 aromatic carbocycles. The minimum atomic E-state index is -1.10. The number of halogens is 2. The molecule has 7 heteroatoms. The van der Waals surface area contributed by atoms with Crippen molar-refractivity contribution in [1.29, 1.82) is 0 Å². The standard InChI is InChI=1S/C15H17ClFNO4/c1-9-6-11(12(16)7-13(9)17)15(21)18(8-14(19)20)10-2-4-22-5-3-10/h6-7,10H,2-5,8H2,1H3,(H,19,20). The maximum atomic E-state index is 13.5. The zero-order valence-electron chi connectivity index (χ0n) is 12.1. The first-order valence-corrected chi connectivity index (χ1v) is 7.34. The predicted molar refractivity (Wildman–Crippen MR) is 78.7 cm³/mol. The second kappa shape index (κ2) is 7.07. The smallest absolute Gasteiger partial charge is 0.323 e. The summed E-state index contributed by atoms with van der Waals surface area (Å²) in [6.45, 7) is 2.06. The Bertz CT molecular complexity index is 587. The van der Waals surface area contributed by atoms with E-state index in [0.29, 0.717) is 26.1 Å². The van der Waals surface area contributed by atoms with Gasteiger partial charge in [-0.15, -0.1) is 0 Å². The average molecular weight is 330 g/mol. The molecule has 0 unspecified atom stereocenters. The summed E-state index contributed by atoms with van der Waals surface area (Å²) in [5.74, 6) is -2.10. The molecule has 2 rings (SSSR count). The fourth-order valence-corrected chi connectivity index (χ4v) is 2.72. The zero-order chi connectivity index (χ0) is 16.3. The van der Waals surface area contributed by atoms with Gasteiger partial charge < -0.3 is 14.7 Å². The molecular formula is C15H17ClFNO4. The number of ether oxygens (including phenoxy) is 1. The van der Waals surface area contributed by atoms with Crippen molar-refractivity contribution in [2.45, 2.75) is 25.8 Å². The molecule has 5 nitrogen and oxygen atoms in total. The molecule has 1 fully saturated rings. The Morgan fingerprint density at radius 2 is 2.05 bits per heavy atom. The van der Waals surface area contributed by atoms with E-state index in [2.05, 4.69) is 0 Å². The lowest BCUT2D eigenvalue weighted by molar-refractivity contribution is -0.138. The lowest BCUT2D eigenvalue weighted by Crippen LogP contribution is -2.46. The summed E-state index contributed by atoms with van der Waals surface area (Å²) >= 11 is 5.96. The van der Waals surface area contributed by atoms with Crippen molar-refractivity contribution in [3.05, 3.63) is 34.1 Å². The summed E-state index contributed by atoms with van der Waals surface area (Å²) in [6.07, 6.45) is 1.13. The average Bonchev–Trinajstić information content (AvgIpc) is 2.48. The van der Waals surface area contributed by atoms with E-state index in [-0.39, 0.29) is 22.2 Å². The van der Waals surface area contributed by atoms with Crippen LogP contribution in [0.25, 0.3) is 0 Å². The summed E-state index contributed by atoms with van der Waals surface area (Å²) < 4.78 is 18.7. The van der Waals surface area contributed by atoms with Crippen molar-refractivity contribution in [1.82, 2.24) is 4.90 Å². The van der Waals surface area contributed by atoms with Gasteiger partial charge in [-0.3, -0.25) is 9.59 Å². The molecule has 1 aliphatic heterocycles. The Kier molecular flexibility index (Phi) is 5.37. The van der Waals surface area contributed by atoms with E-state index >= 15 is 0 Å². The lowest BCUT2D eigenvalue weighted by atomic mass is 10.0. The van der Waals surface area contributed by atoms with Crippen LogP contribution in [-0.4, -0.2) is 47.7 Å². The molecule has 0 spiro atoms. The molecule has 0 bridgehead atoms. The second-order valence-corrected chi connectivity index (χ2v) is 5.66. The molecule has 0 atom stereocenters. The number of hydrogen-bond donors (Lipinski definition) is 1. The third-order valence-corrected chi connectivity index (χ3v) is 3.99. The number of hydrogen-bond acceptors (Lipinski definition) is 3. The maximum absolute atomic E-state index is 13.5. The summed E-state index contributed by atoms with van der Waals surface area (Å²) in [4.78, 5) is 25.0. The molecule has 1 aromatic rings. The fourth-order valence-electron chi connectivity index (χ4n) is 2.49. The third kappa shape index (κ3) is 3.75. The molecule has 1 heterocycles. The van der Waals surface area contributed by atoms with Gasteiger partial charge in [0, 0.05) is 19.3 Å². The summed E-state index contributed by atoms with van der Waals surface area (Å²) in [6, 6.07) is 2.21. The van der Waals surface area contributed by atoms with Gasteiger partial charge in [-0.2, -0.15) is 0 Å². The summed E-state index contributed by atoms with van der Waals surface area (Å²) in [7, 11) is 0. The monoisotopic (exact) mass is 329 g/mol. The summed E-state index contributed by atoms with van der Waals surface area (Å²) in [5.41, 5.74) is 0.406. The number of carbonyl (C=O) groups excluding carboxylic acids is 1. The molecule has 1 aliphatic rings. The Labute approximate surface area is 132 Å². The molecule has 22 heavy (non-hydrogen) atoms. The SMILES string of the molecule is Cc1cc(C(=O)N(CC(=O)O)C2CCOCC2)c(Cl)cc1F. The highest BCUT2D eigenvalue weighted by Crippen LogP contribution is 2.24. The van der Waals surface area contributed by atoms with Gasteiger partial charge in [-0.25, -0.2) is 4.39 Å². The Morgan fingerprint density at radius 3 is 2.64 bits per heavy atom. The van der Waals surface area contributed by atoms with Crippen LogP contribution in [-0.2, 0) is 9.53 Å². The van der Waals surface area contributed by atoms with Gasteiger partial charge >= 0.3 is 5.97 Å². The van der Waals surface area contributed by atoms with Crippen molar-refractivity contribution in [2.24, 2.45) is 0 Å². The van der Waals surface area contributed by atoms with E-state index in [9.17, 15) is 14.0 Å². The number of aryl methyl sites for hydroxylation is 1. The van der Waals surface area contributed by atoms with Crippen LogP contribution in [0.1, 0.15) is 28.8 Å². The minimum Gasteiger partial charge on any atom is -0.480 e. The molecule has 120 valence electrons. The van der Waals surface area contributed by atoms with E-state index in [1.165, 1.54) is 17.9 Å². The third-order valence-electron chi connectivity index (χ3n) is 3.68. The molecule has 1 N–H and O–H groups in total. The highest BCUT2D eigenvalue weighted by molar-refractivity contribution is 6.33. The number of carbonyl (C=O) groups is 2. The fraction of sp³-hybridized carbons (Fsp3) is 0.467. The van der Waals surface area contributed by atoms with Crippen LogP contribution in [0.5, 0.6) is 0 Å². The zero-order valence-corrected chi connectivity index (χ0v) is 12.9. The van der Waals surface area contributed by atoms with Crippen LogP contribution in [0.3, 0.4) is 0 Å². The van der Waals surface area contributed by atoms with Gasteiger partial charge in [-0.1, -0.05) is 11.6 Å². The van der Waals surface area contributed by atoms with Crippen LogP contribution < -0.4 is 0 Å². The van der Waals surface area contributed by atoms with E-state index < -0.39 is 24.2 Å². The van der Waals surface area contributed by atoms with Crippen molar-refractivity contribution >= 4 is 23.5 Å². The molecule has 1 amide bonds. The molecular weight excluding hydrogens is 313 g/mol. The molecule has 0 aliphatic carbocycles. The molecule has 1 saturated heterocycles. The van der Waals surface area contributed by atoms with E-state index in [1.54, 1.807) is 0 Å².